The standard InChI is InChI=1S/C24H26N4O2/c1-16(29)28-15-24(2,3)20-7-5-18(6-8-20)23(30)26-11-10-17-4-9-22-21(12-17)19(13-25)14-27-22/h4-9,12,14,27H,10-11,15H2,1-3H3,(H,26,30)(H,28,29). The van der Waals surface area contributed by atoms with Crippen molar-refractivity contribution in [3.05, 3.63) is 70.9 Å². The van der Waals surface area contributed by atoms with E-state index in [-0.39, 0.29) is 17.2 Å². The molecule has 0 radical (unpaired) electrons. The fourth-order valence-electron chi connectivity index (χ4n) is 3.36. The van der Waals surface area contributed by atoms with E-state index < -0.39 is 0 Å². The number of fused-ring (bicyclic) bond motifs is 1. The van der Waals surface area contributed by atoms with Crippen molar-refractivity contribution in [1.29, 1.82) is 5.26 Å². The zero-order chi connectivity index (χ0) is 21.7. The predicted octanol–water partition coefficient (Wildman–Crippen LogP) is 3.43. The highest BCUT2D eigenvalue weighted by Gasteiger charge is 2.21. The fraction of sp³-hybridized carbons (Fsp3) is 0.292. The molecule has 0 aliphatic rings. The lowest BCUT2D eigenvalue weighted by molar-refractivity contribution is -0.119. The number of amides is 2. The van der Waals surface area contributed by atoms with Crippen molar-refractivity contribution in [3.8, 4) is 6.07 Å². The minimum atomic E-state index is -0.222. The number of carbonyl (C=O) groups is 2. The van der Waals surface area contributed by atoms with E-state index in [9.17, 15) is 9.59 Å². The van der Waals surface area contributed by atoms with E-state index >= 15 is 0 Å². The van der Waals surface area contributed by atoms with Gasteiger partial charge in [-0.15, -0.1) is 0 Å². The van der Waals surface area contributed by atoms with E-state index in [1.807, 2.05) is 42.5 Å². The smallest absolute Gasteiger partial charge is 0.251 e. The van der Waals surface area contributed by atoms with Crippen LogP contribution in [0.15, 0.2) is 48.7 Å². The van der Waals surface area contributed by atoms with Gasteiger partial charge in [0.25, 0.3) is 5.91 Å². The van der Waals surface area contributed by atoms with Gasteiger partial charge in [0.1, 0.15) is 6.07 Å². The highest BCUT2D eigenvalue weighted by atomic mass is 16.2. The molecule has 3 N–H and O–H groups in total. The molecule has 0 bridgehead atoms. The molecule has 1 heterocycles. The summed E-state index contributed by atoms with van der Waals surface area (Å²) in [6.45, 7) is 6.65. The molecule has 0 saturated heterocycles. The highest BCUT2D eigenvalue weighted by Crippen LogP contribution is 2.23. The molecule has 0 aliphatic heterocycles. The number of benzene rings is 2. The summed E-state index contributed by atoms with van der Waals surface area (Å²) in [6, 6.07) is 15.6. The SMILES string of the molecule is CC(=O)NCC(C)(C)c1ccc(C(=O)NCCc2ccc3[nH]cc(C#N)c3c2)cc1. The Kier molecular flexibility index (Phi) is 6.22. The number of nitrogens with zero attached hydrogens (tertiary/aromatic N) is 1. The van der Waals surface area contributed by atoms with Gasteiger partial charge in [-0.2, -0.15) is 5.26 Å². The van der Waals surface area contributed by atoms with Crippen LogP contribution >= 0.6 is 0 Å². The first-order valence-electron chi connectivity index (χ1n) is 9.93. The third-order valence-electron chi connectivity index (χ3n) is 5.27. The van der Waals surface area contributed by atoms with E-state index in [0.717, 1.165) is 22.0 Å². The summed E-state index contributed by atoms with van der Waals surface area (Å²) in [5.41, 5.74) is 4.05. The molecule has 6 nitrogen and oxygen atoms in total. The van der Waals surface area contributed by atoms with Crippen LogP contribution in [0, 0.1) is 11.3 Å². The Morgan fingerprint density at radius 1 is 1.10 bits per heavy atom. The zero-order valence-corrected chi connectivity index (χ0v) is 17.5. The molecule has 0 aliphatic carbocycles. The van der Waals surface area contributed by atoms with E-state index in [4.69, 9.17) is 5.26 Å². The Morgan fingerprint density at radius 3 is 2.50 bits per heavy atom. The normalized spacial score (nSPS) is 11.1. The third kappa shape index (κ3) is 4.87. The van der Waals surface area contributed by atoms with Gasteiger partial charge >= 0.3 is 0 Å². The number of hydrogen-bond donors (Lipinski definition) is 3. The number of H-pyrrole nitrogens is 1. The second-order valence-corrected chi connectivity index (χ2v) is 8.07. The van der Waals surface area contributed by atoms with E-state index in [0.29, 0.717) is 30.6 Å². The molecular weight excluding hydrogens is 376 g/mol. The van der Waals surface area contributed by atoms with Crippen molar-refractivity contribution in [2.75, 3.05) is 13.1 Å². The Hall–Kier alpha value is -3.59. The van der Waals surface area contributed by atoms with Crippen LogP contribution in [0.1, 0.15) is 47.8 Å². The van der Waals surface area contributed by atoms with Gasteiger partial charge < -0.3 is 15.6 Å². The summed E-state index contributed by atoms with van der Waals surface area (Å²) in [7, 11) is 0. The monoisotopic (exact) mass is 402 g/mol. The van der Waals surface area contributed by atoms with E-state index in [1.54, 1.807) is 6.20 Å². The van der Waals surface area contributed by atoms with Gasteiger partial charge in [-0.05, 0) is 41.8 Å². The van der Waals surface area contributed by atoms with Gasteiger partial charge in [0.2, 0.25) is 5.91 Å². The molecule has 154 valence electrons. The van der Waals surface area contributed by atoms with Gasteiger partial charge in [0.15, 0.2) is 0 Å². The molecule has 3 aromatic rings. The van der Waals surface area contributed by atoms with Crippen molar-refractivity contribution in [2.45, 2.75) is 32.6 Å². The number of rotatable bonds is 7. The van der Waals surface area contributed by atoms with Crippen LogP contribution in [0.3, 0.4) is 0 Å². The number of nitriles is 1. The van der Waals surface area contributed by atoms with Gasteiger partial charge in [-0.1, -0.05) is 32.0 Å². The second kappa shape index (κ2) is 8.83. The van der Waals surface area contributed by atoms with Crippen LogP contribution < -0.4 is 10.6 Å². The van der Waals surface area contributed by atoms with Gasteiger partial charge in [-0.3, -0.25) is 9.59 Å². The zero-order valence-electron chi connectivity index (χ0n) is 17.5. The molecule has 0 spiro atoms. The lowest BCUT2D eigenvalue weighted by atomic mass is 9.84. The maximum absolute atomic E-state index is 12.5. The van der Waals surface area contributed by atoms with Crippen LogP contribution in [0.5, 0.6) is 0 Å². The molecule has 0 saturated carbocycles. The van der Waals surface area contributed by atoms with Gasteiger partial charge in [0.05, 0.1) is 5.56 Å². The molecule has 3 rings (SSSR count). The summed E-state index contributed by atoms with van der Waals surface area (Å²) in [5.74, 6) is -0.180. The average Bonchev–Trinajstić information content (AvgIpc) is 3.15. The highest BCUT2D eigenvalue weighted by molar-refractivity contribution is 5.94. The second-order valence-electron chi connectivity index (χ2n) is 8.07. The van der Waals surface area contributed by atoms with E-state index in [2.05, 4.69) is 35.5 Å². The summed E-state index contributed by atoms with van der Waals surface area (Å²) in [6.07, 6.45) is 2.39. The Morgan fingerprint density at radius 2 is 1.83 bits per heavy atom. The van der Waals surface area contributed by atoms with Crippen molar-refractivity contribution in [3.63, 3.8) is 0 Å². The molecule has 6 heteroatoms. The van der Waals surface area contributed by atoms with E-state index in [1.165, 1.54) is 6.92 Å². The molecule has 0 fully saturated rings. The van der Waals surface area contributed by atoms with Crippen molar-refractivity contribution in [1.82, 2.24) is 15.6 Å². The molecule has 2 amide bonds. The van der Waals surface area contributed by atoms with Crippen LogP contribution in [-0.2, 0) is 16.6 Å². The predicted molar refractivity (Wildman–Crippen MR) is 117 cm³/mol. The quantitative estimate of drug-likeness (QED) is 0.565. The first kappa shape index (κ1) is 21.1. The summed E-state index contributed by atoms with van der Waals surface area (Å²) < 4.78 is 0. The first-order chi connectivity index (χ1) is 14.3. The molecule has 0 unspecified atom stereocenters. The summed E-state index contributed by atoms with van der Waals surface area (Å²) in [5, 5.41) is 15.9. The topological polar surface area (TPSA) is 97.8 Å². The van der Waals surface area contributed by atoms with Crippen molar-refractivity contribution >= 4 is 22.7 Å². The average molecular weight is 402 g/mol. The summed E-state index contributed by atoms with van der Waals surface area (Å²) >= 11 is 0. The molecular formula is C24H26N4O2. The van der Waals surface area contributed by atoms with Crippen LogP contribution in [0.4, 0.5) is 0 Å². The molecule has 1 aromatic heterocycles. The largest absolute Gasteiger partial charge is 0.360 e. The molecule has 30 heavy (non-hydrogen) atoms. The summed E-state index contributed by atoms with van der Waals surface area (Å²) in [4.78, 5) is 26.7. The molecule has 0 atom stereocenters. The first-order valence-corrected chi connectivity index (χ1v) is 9.93. The maximum atomic E-state index is 12.5. The van der Waals surface area contributed by atoms with Crippen LogP contribution in [-0.4, -0.2) is 29.9 Å². The fourth-order valence-corrected chi connectivity index (χ4v) is 3.36. The third-order valence-corrected chi connectivity index (χ3v) is 5.27. The molecule has 2 aromatic carbocycles. The number of hydrogen-bond acceptors (Lipinski definition) is 3. The number of carbonyl (C=O) groups excluding carboxylic acids is 2. The number of aromatic nitrogens is 1. The van der Waals surface area contributed by atoms with Crippen LogP contribution in [0.2, 0.25) is 0 Å². The van der Waals surface area contributed by atoms with Gasteiger partial charge in [-0.25, -0.2) is 0 Å². The van der Waals surface area contributed by atoms with Crippen molar-refractivity contribution < 1.29 is 9.59 Å². The maximum Gasteiger partial charge on any atom is 0.251 e. The van der Waals surface area contributed by atoms with Gasteiger partial charge in [0, 0.05) is 48.1 Å². The Bertz CT molecular complexity index is 1100. The number of aromatic amines is 1. The minimum Gasteiger partial charge on any atom is -0.360 e. The lowest BCUT2D eigenvalue weighted by Crippen LogP contribution is -2.35. The van der Waals surface area contributed by atoms with Crippen LogP contribution in [0.25, 0.3) is 10.9 Å². The van der Waals surface area contributed by atoms with Crippen molar-refractivity contribution in [2.24, 2.45) is 0 Å². The minimum absolute atomic E-state index is 0.0569. The number of nitrogens with one attached hydrogen (secondary N) is 3. The Labute approximate surface area is 176 Å². The lowest BCUT2D eigenvalue weighted by Gasteiger charge is -2.25. The Balaban J connectivity index is 1.57.